The van der Waals surface area contributed by atoms with E-state index in [-0.39, 0.29) is 12.3 Å². The fourth-order valence-corrected chi connectivity index (χ4v) is 3.01. The lowest BCUT2D eigenvalue weighted by Gasteiger charge is -2.09. The van der Waals surface area contributed by atoms with Gasteiger partial charge in [0, 0.05) is 29.9 Å². The molecule has 1 aromatic carbocycles. The van der Waals surface area contributed by atoms with Gasteiger partial charge in [-0.15, -0.1) is 0 Å². The van der Waals surface area contributed by atoms with Crippen molar-refractivity contribution in [2.45, 2.75) is 19.8 Å². The summed E-state index contributed by atoms with van der Waals surface area (Å²) >= 11 is 0. The Bertz CT molecular complexity index is 911. The highest BCUT2D eigenvalue weighted by molar-refractivity contribution is 6.35. The number of carboxylic acids is 1. The Kier molecular flexibility index (Phi) is 4.71. The van der Waals surface area contributed by atoms with Crippen LogP contribution in [0, 0.1) is 6.92 Å². The van der Waals surface area contributed by atoms with E-state index >= 15 is 0 Å². The Balaban J connectivity index is 1.98. The van der Waals surface area contributed by atoms with Crippen molar-refractivity contribution in [3.05, 3.63) is 40.7 Å². The maximum atomic E-state index is 12.4. The third-order valence-electron chi connectivity index (χ3n) is 4.49. The number of rotatable bonds is 6. The van der Waals surface area contributed by atoms with Crippen molar-refractivity contribution in [1.29, 1.82) is 0 Å². The number of aryl methyl sites for hydroxylation is 1. The van der Waals surface area contributed by atoms with Gasteiger partial charge in [-0.1, -0.05) is 0 Å². The quantitative estimate of drug-likeness (QED) is 0.691. The van der Waals surface area contributed by atoms with Crippen molar-refractivity contribution >= 4 is 29.2 Å². The SMILES string of the molecule is COc1cc2c(cc1OC)/C(=C/c1[nH]cc(CCC(=O)O)c1C)C(=O)N2. The molecule has 2 heterocycles. The third kappa shape index (κ3) is 3.15. The number of hydrogen-bond acceptors (Lipinski definition) is 4. The number of benzene rings is 1. The minimum atomic E-state index is -0.837. The molecule has 7 nitrogen and oxygen atoms in total. The van der Waals surface area contributed by atoms with Gasteiger partial charge in [-0.3, -0.25) is 9.59 Å². The summed E-state index contributed by atoms with van der Waals surface area (Å²) in [6, 6.07) is 3.49. The van der Waals surface area contributed by atoms with Crippen LogP contribution in [0.15, 0.2) is 18.3 Å². The van der Waals surface area contributed by atoms with Gasteiger partial charge in [-0.25, -0.2) is 0 Å². The summed E-state index contributed by atoms with van der Waals surface area (Å²) in [7, 11) is 3.08. The number of ether oxygens (including phenoxy) is 2. The van der Waals surface area contributed by atoms with Crippen LogP contribution in [0.5, 0.6) is 11.5 Å². The summed E-state index contributed by atoms with van der Waals surface area (Å²) in [5.41, 5.74) is 4.53. The summed E-state index contributed by atoms with van der Waals surface area (Å²) in [5, 5.41) is 11.7. The first-order valence-electron chi connectivity index (χ1n) is 8.12. The highest BCUT2D eigenvalue weighted by atomic mass is 16.5. The summed E-state index contributed by atoms with van der Waals surface area (Å²) in [6.45, 7) is 1.91. The number of nitrogens with one attached hydrogen (secondary N) is 2. The number of fused-ring (bicyclic) bond motifs is 1. The number of aliphatic carboxylic acids is 1. The molecule has 3 rings (SSSR count). The van der Waals surface area contributed by atoms with Gasteiger partial charge < -0.3 is 24.9 Å². The van der Waals surface area contributed by atoms with Gasteiger partial charge >= 0.3 is 5.97 Å². The number of carbonyl (C=O) groups is 2. The molecule has 0 radical (unpaired) electrons. The van der Waals surface area contributed by atoms with Crippen LogP contribution in [-0.4, -0.2) is 36.2 Å². The molecule has 0 saturated heterocycles. The van der Waals surface area contributed by atoms with Crippen molar-refractivity contribution in [3.63, 3.8) is 0 Å². The summed E-state index contributed by atoms with van der Waals surface area (Å²) in [6.07, 6.45) is 4.06. The Hall–Kier alpha value is -3.22. The average molecular weight is 356 g/mol. The molecule has 1 aliphatic rings. The van der Waals surface area contributed by atoms with E-state index < -0.39 is 5.97 Å². The van der Waals surface area contributed by atoms with Gasteiger partial charge in [0.25, 0.3) is 5.91 Å². The van der Waals surface area contributed by atoms with Crippen LogP contribution in [0.4, 0.5) is 5.69 Å². The van der Waals surface area contributed by atoms with Gasteiger partial charge in [-0.05, 0) is 36.6 Å². The fourth-order valence-electron chi connectivity index (χ4n) is 3.01. The molecule has 1 aromatic heterocycles. The van der Waals surface area contributed by atoms with Crippen LogP contribution >= 0.6 is 0 Å². The molecule has 3 N–H and O–H groups in total. The predicted molar refractivity (Wildman–Crippen MR) is 97.5 cm³/mol. The largest absolute Gasteiger partial charge is 0.493 e. The first-order chi connectivity index (χ1) is 12.4. The molecular formula is C19H20N2O5. The summed E-state index contributed by atoms with van der Waals surface area (Å²) in [4.78, 5) is 26.3. The van der Waals surface area contributed by atoms with Crippen LogP contribution in [0.1, 0.15) is 28.8 Å². The molecular weight excluding hydrogens is 336 g/mol. The second kappa shape index (κ2) is 6.95. The number of aromatic nitrogens is 1. The smallest absolute Gasteiger partial charge is 0.303 e. The molecule has 0 saturated carbocycles. The third-order valence-corrected chi connectivity index (χ3v) is 4.49. The van der Waals surface area contributed by atoms with E-state index in [0.29, 0.717) is 29.2 Å². The van der Waals surface area contributed by atoms with Crippen molar-refractivity contribution in [1.82, 2.24) is 4.98 Å². The van der Waals surface area contributed by atoms with Gasteiger partial charge in [0.2, 0.25) is 0 Å². The fraction of sp³-hybridized carbons (Fsp3) is 0.263. The number of anilines is 1. The zero-order chi connectivity index (χ0) is 18.8. The highest BCUT2D eigenvalue weighted by Gasteiger charge is 2.27. The van der Waals surface area contributed by atoms with E-state index in [1.54, 1.807) is 38.6 Å². The molecule has 0 unspecified atom stereocenters. The van der Waals surface area contributed by atoms with Crippen LogP contribution in [0.2, 0.25) is 0 Å². The van der Waals surface area contributed by atoms with Crippen molar-refractivity contribution in [2.24, 2.45) is 0 Å². The minimum Gasteiger partial charge on any atom is -0.493 e. The number of amides is 1. The lowest BCUT2D eigenvalue weighted by Crippen LogP contribution is -2.03. The van der Waals surface area contributed by atoms with E-state index in [1.807, 2.05) is 6.92 Å². The Morgan fingerprint density at radius 1 is 1.23 bits per heavy atom. The monoisotopic (exact) mass is 356 g/mol. The molecule has 136 valence electrons. The number of aromatic amines is 1. The van der Waals surface area contributed by atoms with Crippen molar-refractivity contribution < 1.29 is 24.2 Å². The lowest BCUT2D eigenvalue weighted by atomic mass is 10.0. The number of methoxy groups -OCH3 is 2. The lowest BCUT2D eigenvalue weighted by molar-refractivity contribution is -0.137. The molecule has 1 amide bonds. The van der Waals surface area contributed by atoms with Crippen molar-refractivity contribution in [2.75, 3.05) is 19.5 Å². The second-order valence-electron chi connectivity index (χ2n) is 6.01. The molecule has 26 heavy (non-hydrogen) atoms. The minimum absolute atomic E-state index is 0.0645. The molecule has 0 aliphatic carbocycles. The number of H-pyrrole nitrogens is 1. The number of carbonyl (C=O) groups excluding carboxylic acids is 1. The maximum Gasteiger partial charge on any atom is 0.303 e. The van der Waals surface area contributed by atoms with Gasteiger partial charge in [-0.2, -0.15) is 0 Å². The van der Waals surface area contributed by atoms with E-state index in [1.165, 1.54) is 0 Å². The summed E-state index contributed by atoms with van der Waals surface area (Å²) in [5.74, 6) is 0.0332. The Labute approximate surface area is 150 Å². The second-order valence-corrected chi connectivity index (χ2v) is 6.01. The van der Waals surface area contributed by atoms with Gasteiger partial charge in [0.05, 0.1) is 25.5 Å². The van der Waals surface area contributed by atoms with Crippen LogP contribution in [0.3, 0.4) is 0 Å². The highest BCUT2D eigenvalue weighted by Crippen LogP contribution is 2.41. The number of carboxylic acid groups (broad SMARTS) is 1. The molecule has 0 bridgehead atoms. The molecule has 2 aromatic rings. The predicted octanol–water partition coefficient (Wildman–Crippen LogP) is 2.85. The first kappa shape index (κ1) is 17.6. The van der Waals surface area contributed by atoms with E-state index in [2.05, 4.69) is 10.3 Å². The van der Waals surface area contributed by atoms with Crippen LogP contribution in [-0.2, 0) is 16.0 Å². The van der Waals surface area contributed by atoms with E-state index in [0.717, 1.165) is 22.4 Å². The van der Waals surface area contributed by atoms with Crippen LogP contribution < -0.4 is 14.8 Å². The summed E-state index contributed by atoms with van der Waals surface area (Å²) < 4.78 is 10.6. The van der Waals surface area contributed by atoms with E-state index in [4.69, 9.17) is 14.6 Å². The van der Waals surface area contributed by atoms with Crippen LogP contribution in [0.25, 0.3) is 11.6 Å². The average Bonchev–Trinajstić information content (AvgIpc) is 3.12. The number of hydrogen-bond donors (Lipinski definition) is 3. The normalized spacial score (nSPS) is 14.3. The van der Waals surface area contributed by atoms with E-state index in [9.17, 15) is 9.59 Å². The standard InChI is InChI=1S/C19H20N2O5/c1-10-11(4-5-18(22)23)9-20-14(10)6-13-12-7-16(25-2)17(26-3)8-15(12)21-19(13)24/h6-9,20H,4-5H2,1-3H3,(H,21,24)(H,22,23)/b13-6-. The topological polar surface area (TPSA) is 101 Å². The molecule has 0 atom stereocenters. The van der Waals surface area contributed by atoms with Gasteiger partial charge in [0.1, 0.15) is 0 Å². The van der Waals surface area contributed by atoms with Crippen molar-refractivity contribution in [3.8, 4) is 11.5 Å². The molecule has 0 spiro atoms. The zero-order valence-corrected chi connectivity index (χ0v) is 14.8. The maximum absolute atomic E-state index is 12.4. The molecule has 1 aliphatic heterocycles. The van der Waals surface area contributed by atoms with Gasteiger partial charge in [0.15, 0.2) is 11.5 Å². The Morgan fingerprint density at radius 2 is 1.92 bits per heavy atom. The Morgan fingerprint density at radius 3 is 2.58 bits per heavy atom. The zero-order valence-electron chi connectivity index (χ0n) is 14.8. The first-order valence-corrected chi connectivity index (χ1v) is 8.12. The molecule has 0 fully saturated rings. The molecule has 7 heteroatoms.